The smallest absolute Gasteiger partial charge is 0.263 e. The van der Waals surface area contributed by atoms with Crippen molar-refractivity contribution in [1.82, 2.24) is 4.98 Å². The molecule has 1 aromatic heterocycles. The highest BCUT2D eigenvalue weighted by Crippen LogP contribution is 2.24. The lowest BCUT2D eigenvalue weighted by atomic mass is 10.2. The molecule has 0 amide bonds. The van der Waals surface area contributed by atoms with Gasteiger partial charge in [0, 0.05) is 9.77 Å². The van der Waals surface area contributed by atoms with Crippen LogP contribution in [0.3, 0.4) is 0 Å². The van der Waals surface area contributed by atoms with Crippen LogP contribution in [0, 0.1) is 14.9 Å². The van der Waals surface area contributed by atoms with Gasteiger partial charge in [0.05, 0.1) is 16.7 Å². The van der Waals surface area contributed by atoms with Crippen LogP contribution in [0.5, 0.6) is 0 Å². The van der Waals surface area contributed by atoms with E-state index in [1.807, 2.05) is 6.07 Å². The molecule has 2 rings (SSSR count). The Balaban J connectivity index is 2.36. The second kappa shape index (κ2) is 5.95. The minimum absolute atomic E-state index is 0.0120. The molecule has 1 aromatic carbocycles. The summed E-state index contributed by atoms with van der Waals surface area (Å²) in [5, 5.41) is 8.72. The Kier molecular flexibility index (Phi) is 4.47. The van der Waals surface area contributed by atoms with Gasteiger partial charge in [0.25, 0.3) is 10.0 Å². The third kappa shape index (κ3) is 3.39. The standard InChI is InChI=1S/C12H7ClIN3O2S/c13-10-5-8(6-15)1-3-11(10)20(18,19)17-12-4-2-9(14)7-16-12/h1-5,7H,(H,16,17). The second-order valence-corrected chi connectivity index (χ2v) is 7.03. The van der Waals surface area contributed by atoms with Crippen molar-refractivity contribution < 1.29 is 8.42 Å². The molecule has 0 spiro atoms. The van der Waals surface area contributed by atoms with E-state index in [9.17, 15) is 8.42 Å². The molecule has 0 aliphatic heterocycles. The van der Waals surface area contributed by atoms with E-state index in [0.717, 1.165) is 3.57 Å². The monoisotopic (exact) mass is 419 g/mol. The van der Waals surface area contributed by atoms with Gasteiger partial charge in [0.2, 0.25) is 0 Å². The van der Waals surface area contributed by atoms with Gasteiger partial charge in [-0.05, 0) is 52.9 Å². The van der Waals surface area contributed by atoms with Crippen molar-refractivity contribution >= 4 is 50.0 Å². The third-order valence-corrected chi connectivity index (χ3v) is 4.79. The lowest BCUT2D eigenvalue weighted by molar-refractivity contribution is 0.601. The summed E-state index contributed by atoms with van der Waals surface area (Å²) < 4.78 is 27.6. The molecule has 0 aliphatic rings. The maximum Gasteiger partial charge on any atom is 0.264 e. The summed E-state index contributed by atoms with van der Waals surface area (Å²) in [6.45, 7) is 0. The number of rotatable bonds is 3. The van der Waals surface area contributed by atoms with E-state index in [4.69, 9.17) is 16.9 Å². The van der Waals surface area contributed by atoms with Gasteiger partial charge >= 0.3 is 0 Å². The van der Waals surface area contributed by atoms with E-state index in [0.29, 0.717) is 5.56 Å². The summed E-state index contributed by atoms with van der Waals surface area (Å²) in [5.74, 6) is 0.200. The first-order valence-electron chi connectivity index (χ1n) is 5.26. The molecule has 0 radical (unpaired) electrons. The number of hydrogen-bond acceptors (Lipinski definition) is 4. The summed E-state index contributed by atoms with van der Waals surface area (Å²) >= 11 is 7.96. The lowest BCUT2D eigenvalue weighted by Crippen LogP contribution is -2.14. The van der Waals surface area contributed by atoms with Crippen molar-refractivity contribution in [1.29, 1.82) is 5.26 Å². The summed E-state index contributed by atoms with van der Waals surface area (Å²) in [7, 11) is -3.84. The fraction of sp³-hybridized carbons (Fsp3) is 0. The summed E-state index contributed by atoms with van der Waals surface area (Å²) in [6, 6.07) is 9.15. The fourth-order valence-corrected chi connectivity index (χ4v) is 3.29. The largest absolute Gasteiger partial charge is 0.264 e. The zero-order chi connectivity index (χ0) is 14.8. The Morgan fingerprint density at radius 2 is 2.05 bits per heavy atom. The highest BCUT2D eigenvalue weighted by molar-refractivity contribution is 14.1. The number of benzene rings is 1. The molecule has 0 saturated carbocycles. The van der Waals surface area contributed by atoms with Crippen molar-refractivity contribution in [3.8, 4) is 6.07 Å². The van der Waals surface area contributed by atoms with Crippen molar-refractivity contribution in [2.45, 2.75) is 4.90 Å². The second-order valence-electron chi connectivity index (χ2n) is 3.72. The first-order chi connectivity index (χ1) is 9.42. The van der Waals surface area contributed by atoms with E-state index in [2.05, 4.69) is 32.3 Å². The molecule has 1 N–H and O–H groups in total. The fourth-order valence-electron chi connectivity index (χ4n) is 1.42. The number of sulfonamides is 1. The Morgan fingerprint density at radius 3 is 2.60 bits per heavy atom. The Morgan fingerprint density at radius 1 is 1.30 bits per heavy atom. The minimum atomic E-state index is -3.84. The molecule has 1 heterocycles. The van der Waals surface area contributed by atoms with Crippen molar-refractivity contribution in [2.24, 2.45) is 0 Å². The molecule has 2 aromatic rings. The van der Waals surface area contributed by atoms with Crippen molar-refractivity contribution in [3.05, 3.63) is 50.7 Å². The van der Waals surface area contributed by atoms with Crippen LogP contribution in [-0.2, 0) is 10.0 Å². The summed E-state index contributed by atoms with van der Waals surface area (Å²) in [5.41, 5.74) is 0.293. The van der Waals surface area contributed by atoms with Crippen LogP contribution in [0.15, 0.2) is 41.4 Å². The Labute approximate surface area is 134 Å². The number of nitrogens with zero attached hydrogens (tertiary/aromatic N) is 2. The minimum Gasteiger partial charge on any atom is -0.263 e. The molecule has 0 fully saturated rings. The molecular formula is C12H7ClIN3O2S. The van der Waals surface area contributed by atoms with Gasteiger partial charge in [-0.25, -0.2) is 13.4 Å². The predicted octanol–water partition coefficient (Wildman–Crippen LogP) is 3.01. The van der Waals surface area contributed by atoms with Gasteiger partial charge < -0.3 is 0 Å². The van der Waals surface area contributed by atoms with Crippen LogP contribution in [-0.4, -0.2) is 13.4 Å². The molecule has 0 aliphatic carbocycles. The van der Waals surface area contributed by atoms with E-state index in [1.54, 1.807) is 18.3 Å². The molecule has 0 saturated heterocycles. The van der Waals surface area contributed by atoms with Gasteiger partial charge in [0.15, 0.2) is 0 Å². The maximum absolute atomic E-state index is 12.2. The zero-order valence-electron chi connectivity index (χ0n) is 9.84. The zero-order valence-corrected chi connectivity index (χ0v) is 13.6. The number of nitrogens with one attached hydrogen (secondary N) is 1. The summed E-state index contributed by atoms with van der Waals surface area (Å²) in [4.78, 5) is 3.86. The van der Waals surface area contributed by atoms with Crippen molar-refractivity contribution in [2.75, 3.05) is 4.72 Å². The first-order valence-corrected chi connectivity index (χ1v) is 8.20. The van der Waals surface area contributed by atoms with Crippen LogP contribution >= 0.6 is 34.2 Å². The molecule has 0 atom stereocenters. The Bertz CT molecular complexity index is 785. The number of hydrogen-bond donors (Lipinski definition) is 1. The molecule has 5 nitrogen and oxygen atoms in total. The number of anilines is 1. The topological polar surface area (TPSA) is 82.8 Å². The number of aromatic nitrogens is 1. The quantitative estimate of drug-likeness (QED) is 0.775. The summed E-state index contributed by atoms with van der Waals surface area (Å²) in [6.07, 6.45) is 1.54. The number of halogens is 2. The van der Waals surface area contributed by atoms with Gasteiger partial charge in [-0.15, -0.1) is 0 Å². The predicted molar refractivity (Wildman–Crippen MR) is 83.9 cm³/mol. The van der Waals surface area contributed by atoms with Gasteiger partial charge in [-0.1, -0.05) is 11.6 Å². The van der Waals surface area contributed by atoms with E-state index in [1.165, 1.54) is 18.2 Å². The average Bonchev–Trinajstić information content (AvgIpc) is 2.40. The van der Waals surface area contributed by atoms with Gasteiger partial charge in [-0.2, -0.15) is 5.26 Å². The third-order valence-electron chi connectivity index (χ3n) is 2.32. The molecule has 0 bridgehead atoms. The molecule has 8 heteroatoms. The number of nitriles is 1. The maximum atomic E-state index is 12.2. The van der Waals surface area contributed by atoms with Gasteiger partial charge in [0.1, 0.15) is 10.7 Å². The normalized spacial score (nSPS) is 10.8. The van der Waals surface area contributed by atoms with Crippen LogP contribution in [0.2, 0.25) is 5.02 Å². The Hall–Kier alpha value is -1.37. The molecular weight excluding hydrogens is 413 g/mol. The van der Waals surface area contributed by atoms with Crippen LogP contribution in [0.4, 0.5) is 5.82 Å². The highest BCUT2D eigenvalue weighted by atomic mass is 127. The molecule has 102 valence electrons. The van der Waals surface area contributed by atoms with Crippen molar-refractivity contribution in [3.63, 3.8) is 0 Å². The van der Waals surface area contributed by atoms with Crippen LogP contribution < -0.4 is 4.72 Å². The van der Waals surface area contributed by atoms with Crippen LogP contribution in [0.1, 0.15) is 5.56 Å². The van der Waals surface area contributed by atoms with Gasteiger partial charge in [-0.3, -0.25) is 4.72 Å². The van der Waals surface area contributed by atoms with E-state index < -0.39 is 10.0 Å². The molecule has 0 unspecified atom stereocenters. The average molecular weight is 420 g/mol. The number of pyridine rings is 1. The first kappa shape index (κ1) is 15.0. The molecule has 20 heavy (non-hydrogen) atoms. The van der Waals surface area contributed by atoms with E-state index in [-0.39, 0.29) is 15.7 Å². The lowest BCUT2D eigenvalue weighted by Gasteiger charge is -2.08. The SMILES string of the molecule is N#Cc1ccc(S(=O)(=O)Nc2ccc(I)cn2)c(Cl)c1. The highest BCUT2D eigenvalue weighted by Gasteiger charge is 2.18. The van der Waals surface area contributed by atoms with Crippen LogP contribution in [0.25, 0.3) is 0 Å². The van der Waals surface area contributed by atoms with E-state index >= 15 is 0 Å².